The standard InChI is InChI=1S/C17H18N2O3/c1-19(17(21)12-15-4-2-3-9-18-15)10-11-22-16-7-5-14(13-20)6-8-16/h2-9,13H,10-12H2,1H3. The first kappa shape index (κ1) is 15.7. The normalized spacial score (nSPS) is 10.0. The van der Waals surface area contributed by atoms with Gasteiger partial charge in [0.25, 0.3) is 0 Å². The summed E-state index contributed by atoms with van der Waals surface area (Å²) in [5.41, 5.74) is 1.36. The minimum Gasteiger partial charge on any atom is -0.492 e. The summed E-state index contributed by atoms with van der Waals surface area (Å²) in [7, 11) is 1.74. The topological polar surface area (TPSA) is 59.5 Å². The molecule has 114 valence electrons. The molecule has 0 saturated heterocycles. The van der Waals surface area contributed by atoms with Gasteiger partial charge in [-0.2, -0.15) is 0 Å². The molecule has 0 aliphatic heterocycles. The van der Waals surface area contributed by atoms with E-state index < -0.39 is 0 Å². The van der Waals surface area contributed by atoms with Crippen LogP contribution in [0.15, 0.2) is 48.7 Å². The zero-order valence-electron chi connectivity index (χ0n) is 12.4. The number of aromatic nitrogens is 1. The monoisotopic (exact) mass is 298 g/mol. The van der Waals surface area contributed by atoms with E-state index in [1.54, 1.807) is 42.4 Å². The van der Waals surface area contributed by atoms with Gasteiger partial charge in [0.05, 0.1) is 13.0 Å². The fraction of sp³-hybridized carbons (Fsp3) is 0.235. The highest BCUT2D eigenvalue weighted by Gasteiger charge is 2.10. The molecule has 0 aliphatic carbocycles. The van der Waals surface area contributed by atoms with Crippen LogP contribution in [0.2, 0.25) is 0 Å². The number of hydrogen-bond donors (Lipinski definition) is 0. The van der Waals surface area contributed by atoms with Crippen LogP contribution in [-0.2, 0) is 11.2 Å². The van der Waals surface area contributed by atoms with E-state index in [1.807, 2.05) is 18.2 Å². The Kier molecular flexibility index (Phi) is 5.65. The van der Waals surface area contributed by atoms with Crippen molar-refractivity contribution in [3.05, 3.63) is 59.9 Å². The molecule has 0 fully saturated rings. The number of carbonyl (C=O) groups excluding carboxylic acids is 2. The molecule has 2 rings (SSSR count). The van der Waals surface area contributed by atoms with Gasteiger partial charge in [-0.25, -0.2) is 0 Å². The zero-order chi connectivity index (χ0) is 15.8. The van der Waals surface area contributed by atoms with E-state index in [0.29, 0.717) is 24.5 Å². The lowest BCUT2D eigenvalue weighted by Crippen LogP contribution is -2.32. The molecule has 0 N–H and O–H groups in total. The Hall–Kier alpha value is -2.69. The zero-order valence-corrected chi connectivity index (χ0v) is 12.4. The lowest BCUT2D eigenvalue weighted by molar-refractivity contribution is -0.129. The maximum atomic E-state index is 12.0. The number of rotatable bonds is 7. The maximum absolute atomic E-state index is 12.0. The van der Waals surface area contributed by atoms with Gasteiger partial charge in [-0.3, -0.25) is 14.6 Å². The number of aldehydes is 1. The summed E-state index contributed by atoms with van der Waals surface area (Å²) in [6, 6.07) is 12.4. The van der Waals surface area contributed by atoms with Gasteiger partial charge in [0, 0.05) is 24.5 Å². The fourth-order valence-electron chi connectivity index (χ4n) is 1.86. The third kappa shape index (κ3) is 4.70. The first-order chi connectivity index (χ1) is 10.7. The Morgan fingerprint density at radius 3 is 2.64 bits per heavy atom. The molecule has 1 heterocycles. The van der Waals surface area contributed by atoms with E-state index in [2.05, 4.69) is 4.98 Å². The van der Waals surface area contributed by atoms with Crippen LogP contribution in [-0.4, -0.2) is 42.3 Å². The number of nitrogens with zero attached hydrogens (tertiary/aromatic N) is 2. The summed E-state index contributed by atoms with van der Waals surface area (Å²) in [4.78, 5) is 28.3. The van der Waals surface area contributed by atoms with Gasteiger partial charge in [0.1, 0.15) is 18.6 Å². The molecule has 0 spiro atoms. The van der Waals surface area contributed by atoms with Gasteiger partial charge in [-0.15, -0.1) is 0 Å². The summed E-state index contributed by atoms with van der Waals surface area (Å²) in [6.45, 7) is 0.881. The van der Waals surface area contributed by atoms with Gasteiger partial charge >= 0.3 is 0 Å². The Morgan fingerprint density at radius 1 is 1.23 bits per heavy atom. The van der Waals surface area contributed by atoms with E-state index in [9.17, 15) is 9.59 Å². The van der Waals surface area contributed by atoms with Crippen molar-refractivity contribution >= 4 is 12.2 Å². The van der Waals surface area contributed by atoms with Crippen LogP contribution in [0.3, 0.4) is 0 Å². The number of amides is 1. The predicted molar refractivity (Wildman–Crippen MR) is 82.9 cm³/mol. The van der Waals surface area contributed by atoms with Crippen molar-refractivity contribution in [2.45, 2.75) is 6.42 Å². The third-order valence-corrected chi connectivity index (χ3v) is 3.20. The van der Waals surface area contributed by atoms with Crippen LogP contribution in [0, 0.1) is 0 Å². The second-order valence-corrected chi connectivity index (χ2v) is 4.85. The van der Waals surface area contributed by atoms with Crippen molar-refractivity contribution in [1.29, 1.82) is 0 Å². The molecular formula is C17H18N2O3. The Labute approximate surface area is 129 Å². The van der Waals surface area contributed by atoms with Gasteiger partial charge in [-0.05, 0) is 36.4 Å². The minimum atomic E-state index is -0.00129. The molecule has 0 unspecified atom stereocenters. The molecular weight excluding hydrogens is 280 g/mol. The summed E-state index contributed by atoms with van der Waals surface area (Å²) < 4.78 is 5.55. The van der Waals surface area contributed by atoms with Gasteiger partial charge in [0.15, 0.2) is 0 Å². The highest BCUT2D eigenvalue weighted by atomic mass is 16.5. The van der Waals surface area contributed by atoms with Crippen LogP contribution >= 0.6 is 0 Å². The molecule has 2 aromatic rings. The van der Waals surface area contributed by atoms with E-state index in [0.717, 1.165) is 12.0 Å². The second kappa shape index (κ2) is 7.93. The average Bonchev–Trinajstić information content (AvgIpc) is 2.56. The molecule has 0 bridgehead atoms. The van der Waals surface area contributed by atoms with Crippen LogP contribution < -0.4 is 4.74 Å². The Morgan fingerprint density at radius 2 is 2.00 bits per heavy atom. The molecule has 1 amide bonds. The van der Waals surface area contributed by atoms with Gasteiger partial charge < -0.3 is 9.64 Å². The molecule has 1 aromatic heterocycles. The average molecular weight is 298 g/mol. The van der Waals surface area contributed by atoms with Crippen molar-refractivity contribution in [3.63, 3.8) is 0 Å². The second-order valence-electron chi connectivity index (χ2n) is 4.85. The van der Waals surface area contributed by atoms with Crippen LogP contribution in [0.1, 0.15) is 16.1 Å². The van der Waals surface area contributed by atoms with Crippen molar-refractivity contribution in [1.82, 2.24) is 9.88 Å². The first-order valence-corrected chi connectivity index (χ1v) is 7.01. The van der Waals surface area contributed by atoms with Crippen molar-refractivity contribution in [2.75, 3.05) is 20.2 Å². The largest absolute Gasteiger partial charge is 0.492 e. The van der Waals surface area contributed by atoms with Crippen molar-refractivity contribution in [3.8, 4) is 5.75 Å². The summed E-state index contributed by atoms with van der Waals surface area (Å²) in [5.74, 6) is 0.676. The van der Waals surface area contributed by atoms with Gasteiger partial charge in [0.2, 0.25) is 5.91 Å². The molecule has 5 nitrogen and oxygen atoms in total. The van der Waals surface area contributed by atoms with Crippen molar-refractivity contribution in [2.24, 2.45) is 0 Å². The Bertz CT molecular complexity index is 612. The summed E-state index contributed by atoms with van der Waals surface area (Å²) >= 11 is 0. The maximum Gasteiger partial charge on any atom is 0.228 e. The SMILES string of the molecule is CN(CCOc1ccc(C=O)cc1)C(=O)Cc1ccccn1. The summed E-state index contributed by atoms with van der Waals surface area (Å²) in [5, 5.41) is 0. The first-order valence-electron chi connectivity index (χ1n) is 7.01. The quantitative estimate of drug-likeness (QED) is 0.733. The van der Waals surface area contributed by atoms with E-state index in [1.165, 1.54) is 0 Å². The van der Waals surface area contributed by atoms with Crippen LogP contribution in [0.5, 0.6) is 5.75 Å². The third-order valence-electron chi connectivity index (χ3n) is 3.20. The number of ether oxygens (including phenoxy) is 1. The molecule has 22 heavy (non-hydrogen) atoms. The molecule has 1 aromatic carbocycles. The fourth-order valence-corrected chi connectivity index (χ4v) is 1.86. The van der Waals surface area contributed by atoms with Crippen LogP contribution in [0.4, 0.5) is 0 Å². The molecule has 0 radical (unpaired) electrons. The number of hydrogen-bond acceptors (Lipinski definition) is 4. The number of likely N-dealkylation sites (N-methyl/N-ethyl adjacent to an activating group) is 1. The number of pyridine rings is 1. The Balaban J connectivity index is 1.75. The lowest BCUT2D eigenvalue weighted by Gasteiger charge is -2.17. The molecule has 5 heteroatoms. The van der Waals surface area contributed by atoms with E-state index >= 15 is 0 Å². The molecule has 0 atom stereocenters. The molecule has 0 aliphatic rings. The van der Waals surface area contributed by atoms with E-state index in [-0.39, 0.29) is 12.3 Å². The van der Waals surface area contributed by atoms with Crippen molar-refractivity contribution < 1.29 is 14.3 Å². The number of benzene rings is 1. The number of carbonyl (C=O) groups is 2. The molecule has 0 saturated carbocycles. The van der Waals surface area contributed by atoms with Gasteiger partial charge in [-0.1, -0.05) is 6.07 Å². The highest BCUT2D eigenvalue weighted by Crippen LogP contribution is 2.10. The predicted octanol–water partition coefficient (Wildman–Crippen LogP) is 1.97. The summed E-state index contributed by atoms with van der Waals surface area (Å²) in [6.07, 6.45) is 2.74. The highest BCUT2D eigenvalue weighted by molar-refractivity contribution is 5.78. The van der Waals surface area contributed by atoms with Crippen LogP contribution in [0.25, 0.3) is 0 Å². The minimum absolute atomic E-state index is 0.00129. The smallest absolute Gasteiger partial charge is 0.228 e. The lowest BCUT2D eigenvalue weighted by atomic mass is 10.2. The van der Waals surface area contributed by atoms with E-state index in [4.69, 9.17) is 4.74 Å².